The van der Waals surface area contributed by atoms with Crippen molar-refractivity contribution < 1.29 is 22.6 Å². The van der Waals surface area contributed by atoms with Gasteiger partial charge in [0.25, 0.3) is 10.1 Å². The number of hydrogen-bond donors (Lipinski definition) is 1. The van der Waals surface area contributed by atoms with E-state index in [0.717, 1.165) is 95.6 Å². The third-order valence-electron chi connectivity index (χ3n) is 13.2. The highest BCUT2D eigenvalue weighted by Gasteiger charge is 2.58. The number of ketones is 2. The molecule has 2 saturated carbocycles. The van der Waals surface area contributed by atoms with Gasteiger partial charge in [0.1, 0.15) is 17.4 Å². The molecule has 7 aliphatic rings. The van der Waals surface area contributed by atoms with Crippen molar-refractivity contribution in [1.29, 1.82) is 0 Å². The fourth-order valence-corrected chi connectivity index (χ4v) is 10.7. The number of allylic oxidation sites excluding steroid dienone is 6. The first-order valence-corrected chi connectivity index (χ1v) is 21.0. The molecule has 0 spiro atoms. The van der Waals surface area contributed by atoms with Crippen LogP contribution in [-0.4, -0.2) is 105 Å². The Kier molecular flexibility index (Phi) is 9.99. The van der Waals surface area contributed by atoms with E-state index in [0.29, 0.717) is 36.3 Å². The maximum Gasteiger partial charge on any atom is 0.261 e. The van der Waals surface area contributed by atoms with Gasteiger partial charge >= 0.3 is 0 Å². The minimum atomic E-state index is -3.67. The van der Waals surface area contributed by atoms with Gasteiger partial charge in [0.2, 0.25) is 5.95 Å². The molecule has 0 radical (unpaired) electrons. The maximum absolute atomic E-state index is 14.1. The van der Waals surface area contributed by atoms with E-state index < -0.39 is 10.1 Å². The lowest BCUT2D eigenvalue weighted by Crippen LogP contribution is -2.50. The van der Waals surface area contributed by atoms with Crippen LogP contribution in [0.1, 0.15) is 72.1 Å². The molecule has 4 heterocycles. The topological polar surface area (TPSA) is 127 Å². The van der Waals surface area contributed by atoms with E-state index in [4.69, 9.17) is 14.5 Å². The van der Waals surface area contributed by atoms with Gasteiger partial charge in [0.15, 0.2) is 5.78 Å². The monoisotopic (exact) mass is 720 g/mol. The second-order valence-corrected chi connectivity index (χ2v) is 18.1. The van der Waals surface area contributed by atoms with Crippen LogP contribution < -0.4 is 14.7 Å². The molecule has 1 aromatic heterocycles. The standard InChI is InChI=1S/C38H52N6O2.CH4O3S/c1-26-22-28-29-8-9-31(37(29,2)13-11-30(28)38(3)12-10-27(45)23-32(26)38)33(46)25-41-18-20-43(21-19-41)35-24-34(42-14-4-5-15-42)39-36(40-35)44-16-6-7-17-44;1-5(2,3)4/h10-12,23-24,26,28-29,31H,4-9,13-22,25H2,1-3H3;1H3,(H,2,3,4)/t26-,28-,29-,31+,37-,38+;/m0./s1. The summed E-state index contributed by atoms with van der Waals surface area (Å²) < 4.78 is 25.9. The van der Waals surface area contributed by atoms with E-state index in [1.165, 1.54) is 36.8 Å². The van der Waals surface area contributed by atoms with E-state index in [2.05, 4.69) is 58.6 Å². The smallest absolute Gasteiger partial charge is 0.261 e. The van der Waals surface area contributed by atoms with Crippen molar-refractivity contribution >= 4 is 39.3 Å². The summed E-state index contributed by atoms with van der Waals surface area (Å²) in [6.45, 7) is 15.4. The molecule has 278 valence electrons. The van der Waals surface area contributed by atoms with Gasteiger partial charge in [-0.1, -0.05) is 31.6 Å². The number of piperazine rings is 1. The highest BCUT2D eigenvalue weighted by Crippen LogP contribution is 2.64. The van der Waals surface area contributed by atoms with Crippen LogP contribution in [0, 0.1) is 34.5 Å². The van der Waals surface area contributed by atoms with E-state index in [1.807, 2.05) is 6.08 Å². The number of carbonyl (C=O) groups is 2. The molecule has 51 heavy (non-hydrogen) atoms. The van der Waals surface area contributed by atoms with Crippen molar-refractivity contribution in [2.24, 2.45) is 34.5 Å². The zero-order chi connectivity index (χ0) is 36.1. The Balaban J connectivity index is 0.000000761. The van der Waals surface area contributed by atoms with Gasteiger partial charge in [-0.05, 0) is 99.2 Å². The number of anilines is 3. The molecule has 1 aromatic rings. The zero-order valence-corrected chi connectivity index (χ0v) is 31.7. The lowest BCUT2D eigenvalue weighted by atomic mass is 9.50. The van der Waals surface area contributed by atoms with Gasteiger partial charge < -0.3 is 14.7 Å². The van der Waals surface area contributed by atoms with Gasteiger partial charge in [-0.2, -0.15) is 18.4 Å². The summed E-state index contributed by atoms with van der Waals surface area (Å²) in [4.78, 5) is 46.1. The lowest BCUT2D eigenvalue weighted by Gasteiger charge is -2.54. The molecule has 1 N–H and O–H groups in total. The number of fused-ring (bicyclic) bond motifs is 5. The van der Waals surface area contributed by atoms with E-state index >= 15 is 0 Å². The second-order valence-electron chi connectivity index (χ2n) is 16.6. The van der Waals surface area contributed by atoms with E-state index in [9.17, 15) is 18.0 Å². The molecule has 12 heteroatoms. The van der Waals surface area contributed by atoms with Crippen molar-refractivity contribution in [3.05, 3.63) is 41.5 Å². The van der Waals surface area contributed by atoms with Crippen LogP contribution in [0.3, 0.4) is 0 Å². The van der Waals surface area contributed by atoms with Gasteiger partial charge in [0, 0.05) is 69.8 Å². The first kappa shape index (κ1) is 36.3. The Morgan fingerprint density at radius 2 is 1.49 bits per heavy atom. The second kappa shape index (κ2) is 14.0. The number of rotatable bonds is 6. The Morgan fingerprint density at radius 1 is 0.902 bits per heavy atom. The minimum Gasteiger partial charge on any atom is -0.356 e. The van der Waals surface area contributed by atoms with Crippen molar-refractivity contribution in [2.75, 3.05) is 79.9 Å². The first-order chi connectivity index (χ1) is 24.2. The minimum absolute atomic E-state index is 0.0253. The molecule has 0 amide bonds. The van der Waals surface area contributed by atoms with Crippen LogP contribution in [0.2, 0.25) is 0 Å². The molecule has 5 fully saturated rings. The molecule has 8 rings (SSSR count). The molecular weight excluding hydrogens is 665 g/mol. The molecular formula is C39H56N6O5S. The van der Waals surface area contributed by atoms with Crippen LogP contribution in [0.4, 0.5) is 17.6 Å². The molecule has 3 aliphatic heterocycles. The Hall–Kier alpha value is -3.09. The number of hydrogen-bond acceptors (Lipinski definition) is 10. The highest BCUT2D eigenvalue weighted by molar-refractivity contribution is 7.85. The maximum atomic E-state index is 14.1. The van der Waals surface area contributed by atoms with Gasteiger partial charge in [-0.15, -0.1) is 0 Å². The predicted octanol–water partition coefficient (Wildman–Crippen LogP) is 4.96. The third kappa shape index (κ3) is 7.29. The molecule has 0 aromatic carbocycles. The van der Waals surface area contributed by atoms with Crippen molar-refractivity contribution in [2.45, 2.75) is 72.1 Å². The summed E-state index contributed by atoms with van der Waals surface area (Å²) in [5.74, 6) is 5.16. The Bertz CT molecular complexity index is 1680. The van der Waals surface area contributed by atoms with Crippen molar-refractivity contribution in [1.82, 2.24) is 14.9 Å². The lowest BCUT2D eigenvalue weighted by molar-refractivity contribution is -0.128. The van der Waals surface area contributed by atoms with Crippen molar-refractivity contribution in [3.8, 4) is 0 Å². The molecule has 11 nitrogen and oxygen atoms in total. The molecule has 0 unspecified atom stereocenters. The van der Waals surface area contributed by atoms with Crippen LogP contribution in [0.5, 0.6) is 0 Å². The summed E-state index contributed by atoms with van der Waals surface area (Å²) in [5, 5.41) is 0. The number of nitrogens with zero attached hydrogens (tertiary/aromatic N) is 6. The normalized spacial score (nSPS) is 33.6. The molecule has 3 saturated heterocycles. The fourth-order valence-electron chi connectivity index (χ4n) is 10.7. The average Bonchev–Trinajstić information content (AvgIpc) is 3.87. The van der Waals surface area contributed by atoms with Crippen molar-refractivity contribution in [3.63, 3.8) is 0 Å². The Morgan fingerprint density at radius 3 is 2.12 bits per heavy atom. The number of aromatic nitrogens is 2. The summed E-state index contributed by atoms with van der Waals surface area (Å²) in [6.07, 6.45) is 18.2. The summed E-state index contributed by atoms with van der Waals surface area (Å²) in [6, 6.07) is 2.21. The van der Waals surface area contributed by atoms with Crippen LogP contribution in [-0.2, 0) is 19.7 Å². The SMILES string of the molecule is CS(=O)(=O)O.C[C@H]1C[C@@H]2C(=CC[C@]3(C)[C@@H](C(=O)CN4CCN(c5cc(N6CCCC6)nc(N6CCCC6)n5)CC4)CC[C@@H]23)[C@@]2(C)C=CC(=O)C=C12. The number of carbonyl (C=O) groups excluding carboxylic acids is 2. The Labute approximate surface area is 304 Å². The van der Waals surface area contributed by atoms with Gasteiger partial charge in [-0.3, -0.25) is 19.0 Å². The fraction of sp³-hybridized carbons (Fsp3) is 0.692. The summed E-state index contributed by atoms with van der Waals surface area (Å²) in [7, 11) is -3.67. The van der Waals surface area contributed by atoms with Crippen LogP contribution in [0.25, 0.3) is 0 Å². The van der Waals surface area contributed by atoms with Gasteiger partial charge in [0.05, 0.1) is 12.8 Å². The zero-order valence-electron chi connectivity index (χ0n) is 30.9. The quantitative estimate of drug-likeness (QED) is 0.317. The van der Waals surface area contributed by atoms with Crippen LogP contribution >= 0.6 is 0 Å². The largest absolute Gasteiger partial charge is 0.356 e. The highest BCUT2D eigenvalue weighted by atomic mass is 32.2. The first-order valence-electron chi connectivity index (χ1n) is 19.2. The van der Waals surface area contributed by atoms with Gasteiger partial charge in [-0.25, -0.2) is 0 Å². The number of Topliss-reactive ketones (excluding diaryl/α,β-unsaturated/α-hetero) is 1. The third-order valence-corrected chi connectivity index (χ3v) is 13.2. The molecule has 6 atom stereocenters. The predicted molar refractivity (Wildman–Crippen MR) is 201 cm³/mol. The summed E-state index contributed by atoms with van der Waals surface area (Å²) in [5.41, 5.74) is 2.68. The molecule has 4 aliphatic carbocycles. The summed E-state index contributed by atoms with van der Waals surface area (Å²) >= 11 is 0. The van der Waals surface area contributed by atoms with E-state index in [1.54, 1.807) is 6.08 Å². The van der Waals surface area contributed by atoms with E-state index in [-0.39, 0.29) is 22.5 Å². The van der Waals surface area contributed by atoms with Crippen LogP contribution in [0.15, 0.2) is 41.5 Å². The molecule has 0 bridgehead atoms. The average molecular weight is 721 g/mol.